The summed E-state index contributed by atoms with van der Waals surface area (Å²) in [5.41, 5.74) is 6.56. The van der Waals surface area contributed by atoms with Gasteiger partial charge in [-0.05, 0) is 13.0 Å². The minimum Gasteiger partial charge on any atom is -0.398 e. The zero-order valence-electron chi connectivity index (χ0n) is 7.28. The summed E-state index contributed by atoms with van der Waals surface area (Å²) in [6.07, 6.45) is 0. The molecule has 0 aliphatic carbocycles. The van der Waals surface area contributed by atoms with Crippen LogP contribution in [0.2, 0.25) is 0 Å². The lowest BCUT2D eigenvalue weighted by atomic mass is 10.2. The van der Waals surface area contributed by atoms with Crippen LogP contribution in [-0.2, 0) is 0 Å². The molecule has 1 aromatic carbocycles. The third-order valence-corrected chi connectivity index (χ3v) is 1.53. The fourth-order valence-electron chi connectivity index (χ4n) is 1.05. The predicted molar refractivity (Wildman–Crippen MR) is 51.7 cm³/mol. The van der Waals surface area contributed by atoms with Gasteiger partial charge in [0, 0.05) is 30.1 Å². The van der Waals surface area contributed by atoms with Crippen molar-refractivity contribution in [2.45, 2.75) is 6.92 Å². The molecule has 13 heavy (non-hydrogen) atoms. The number of nitro groups is 1. The van der Waals surface area contributed by atoms with E-state index >= 15 is 0 Å². The van der Waals surface area contributed by atoms with Crippen LogP contribution >= 0.6 is 0 Å². The Labute approximate surface area is 75.7 Å². The van der Waals surface area contributed by atoms with Gasteiger partial charge in [0.05, 0.1) is 4.92 Å². The Morgan fingerprint density at radius 2 is 2.23 bits per heavy atom. The molecule has 3 N–H and O–H groups in total. The van der Waals surface area contributed by atoms with Gasteiger partial charge in [0.1, 0.15) is 0 Å². The van der Waals surface area contributed by atoms with Crippen molar-refractivity contribution in [3.63, 3.8) is 0 Å². The van der Waals surface area contributed by atoms with Crippen LogP contribution in [0.25, 0.3) is 0 Å². The quantitative estimate of drug-likeness (QED) is 0.421. The molecule has 1 rings (SSSR count). The van der Waals surface area contributed by atoms with E-state index in [0.717, 1.165) is 0 Å². The highest BCUT2D eigenvalue weighted by atomic mass is 16.6. The van der Waals surface area contributed by atoms with E-state index in [1.807, 2.05) is 6.92 Å². The second kappa shape index (κ2) is 3.75. The fraction of sp³-hybridized carbons (Fsp3) is 0.250. The maximum absolute atomic E-state index is 10.4. The molecule has 0 aliphatic heterocycles. The number of nitrogens with zero attached hydrogens (tertiary/aromatic N) is 1. The standard InChI is InChI=1S/C8H11N3O2/c1-2-10-7-3-6(9)4-8(5-7)11(12)13/h3-5,10H,2,9H2,1H3. The second-order valence-electron chi connectivity index (χ2n) is 2.60. The van der Waals surface area contributed by atoms with E-state index in [0.29, 0.717) is 17.9 Å². The average molecular weight is 181 g/mol. The van der Waals surface area contributed by atoms with Crippen molar-refractivity contribution in [2.24, 2.45) is 0 Å². The minimum absolute atomic E-state index is 0.0101. The third-order valence-electron chi connectivity index (χ3n) is 1.53. The molecular formula is C8H11N3O2. The molecule has 0 saturated heterocycles. The molecular weight excluding hydrogens is 170 g/mol. The summed E-state index contributed by atoms with van der Waals surface area (Å²) >= 11 is 0. The van der Waals surface area contributed by atoms with E-state index < -0.39 is 4.92 Å². The van der Waals surface area contributed by atoms with Crippen LogP contribution in [0, 0.1) is 10.1 Å². The van der Waals surface area contributed by atoms with Gasteiger partial charge in [0.25, 0.3) is 5.69 Å². The first-order chi connectivity index (χ1) is 6.13. The molecule has 0 fully saturated rings. The van der Waals surface area contributed by atoms with Gasteiger partial charge in [0.15, 0.2) is 0 Å². The topological polar surface area (TPSA) is 81.2 Å². The van der Waals surface area contributed by atoms with Gasteiger partial charge in [-0.3, -0.25) is 10.1 Å². The lowest BCUT2D eigenvalue weighted by molar-refractivity contribution is -0.384. The van der Waals surface area contributed by atoms with Crippen molar-refractivity contribution in [1.82, 2.24) is 0 Å². The van der Waals surface area contributed by atoms with Gasteiger partial charge in [-0.2, -0.15) is 0 Å². The lowest BCUT2D eigenvalue weighted by Crippen LogP contribution is -1.99. The van der Waals surface area contributed by atoms with Crippen LogP contribution in [0.1, 0.15) is 6.92 Å². The second-order valence-corrected chi connectivity index (χ2v) is 2.60. The van der Waals surface area contributed by atoms with Crippen molar-refractivity contribution in [2.75, 3.05) is 17.6 Å². The van der Waals surface area contributed by atoms with Gasteiger partial charge in [-0.25, -0.2) is 0 Å². The number of nitrogens with one attached hydrogen (secondary N) is 1. The first kappa shape index (κ1) is 9.31. The fourth-order valence-corrected chi connectivity index (χ4v) is 1.05. The van der Waals surface area contributed by atoms with Gasteiger partial charge in [0.2, 0.25) is 0 Å². The first-order valence-corrected chi connectivity index (χ1v) is 3.92. The SMILES string of the molecule is CCNc1cc(N)cc([N+](=O)[O-])c1. The summed E-state index contributed by atoms with van der Waals surface area (Å²) < 4.78 is 0. The molecule has 0 heterocycles. The molecule has 0 saturated carbocycles. The van der Waals surface area contributed by atoms with E-state index in [1.165, 1.54) is 12.1 Å². The number of hydrogen-bond donors (Lipinski definition) is 2. The highest BCUT2D eigenvalue weighted by Crippen LogP contribution is 2.21. The molecule has 70 valence electrons. The number of nitrogens with two attached hydrogens (primary N) is 1. The Bertz CT molecular complexity index is 325. The minimum atomic E-state index is -0.461. The predicted octanol–water partition coefficient (Wildman–Crippen LogP) is 1.61. The number of nitro benzene ring substituents is 1. The Hall–Kier alpha value is -1.78. The molecule has 0 aliphatic rings. The summed E-state index contributed by atoms with van der Waals surface area (Å²) in [5, 5.41) is 13.4. The van der Waals surface area contributed by atoms with Gasteiger partial charge in [-0.15, -0.1) is 0 Å². The molecule has 5 heteroatoms. The maximum Gasteiger partial charge on any atom is 0.273 e. The van der Waals surface area contributed by atoms with Gasteiger partial charge < -0.3 is 11.1 Å². The van der Waals surface area contributed by atoms with Crippen molar-refractivity contribution >= 4 is 17.1 Å². The summed E-state index contributed by atoms with van der Waals surface area (Å²) in [7, 11) is 0. The molecule has 5 nitrogen and oxygen atoms in total. The molecule has 1 aromatic rings. The van der Waals surface area contributed by atoms with Gasteiger partial charge in [-0.1, -0.05) is 0 Å². The molecule has 0 amide bonds. The van der Waals surface area contributed by atoms with Crippen molar-refractivity contribution in [3.8, 4) is 0 Å². The number of anilines is 2. The first-order valence-electron chi connectivity index (χ1n) is 3.92. The summed E-state index contributed by atoms with van der Waals surface area (Å²) in [5.74, 6) is 0. The zero-order valence-corrected chi connectivity index (χ0v) is 7.28. The van der Waals surface area contributed by atoms with Crippen molar-refractivity contribution < 1.29 is 4.92 Å². The Morgan fingerprint density at radius 3 is 2.77 bits per heavy atom. The Balaban J connectivity index is 3.03. The highest BCUT2D eigenvalue weighted by Gasteiger charge is 2.07. The molecule has 0 bridgehead atoms. The third kappa shape index (κ3) is 2.33. The highest BCUT2D eigenvalue weighted by molar-refractivity contribution is 5.61. The smallest absolute Gasteiger partial charge is 0.273 e. The van der Waals surface area contributed by atoms with E-state index in [9.17, 15) is 10.1 Å². The van der Waals surface area contributed by atoms with Crippen LogP contribution in [0.4, 0.5) is 17.1 Å². The van der Waals surface area contributed by atoms with Crippen LogP contribution < -0.4 is 11.1 Å². The van der Waals surface area contributed by atoms with Crippen LogP contribution in [0.5, 0.6) is 0 Å². The molecule has 0 unspecified atom stereocenters. The summed E-state index contributed by atoms with van der Waals surface area (Å²) in [6, 6.07) is 4.46. The maximum atomic E-state index is 10.4. The van der Waals surface area contributed by atoms with Crippen molar-refractivity contribution in [3.05, 3.63) is 28.3 Å². The molecule has 0 aromatic heterocycles. The summed E-state index contributed by atoms with van der Waals surface area (Å²) in [6.45, 7) is 2.62. The lowest BCUT2D eigenvalue weighted by Gasteiger charge is -2.03. The van der Waals surface area contributed by atoms with Gasteiger partial charge >= 0.3 is 0 Å². The normalized spacial score (nSPS) is 9.62. The monoisotopic (exact) mass is 181 g/mol. The van der Waals surface area contributed by atoms with Crippen LogP contribution in [-0.4, -0.2) is 11.5 Å². The van der Waals surface area contributed by atoms with E-state index in [2.05, 4.69) is 5.32 Å². The molecule has 0 radical (unpaired) electrons. The zero-order chi connectivity index (χ0) is 9.84. The number of benzene rings is 1. The Morgan fingerprint density at radius 1 is 1.54 bits per heavy atom. The number of hydrogen-bond acceptors (Lipinski definition) is 4. The molecule has 0 atom stereocenters. The van der Waals surface area contributed by atoms with Crippen LogP contribution in [0.15, 0.2) is 18.2 Å². The van der Waals surface area contributed by atoms with Crippen molar-refractivity contribution in [1.29, 1.82) is 0 Å². The number of non-ortho nitro benzene ring substituents is 1. The number of nitrogen functional groups attached to an aromatic ring is 1. The van der Waals surface area contributed by atoms with E-state index in [1.54, 1.807) is 6.07 Å². The van der Waals surface area contributed by atoms with Crippen LogP contribution in [0.3, 0.4) is 0 Å². The number of rotatable bonds is 3. The van der Waals surface area contributed by atoms with E-state index in [4.69, 9.17) is 5.73 Å². The Kier molecular flexibility index (Phi) is 2.69. The average Bonchev–Trinajstić information content (AvgIpc) is 2.03. The van der Waals surface area contributed by atoms with E-state index in [-0.39, 0.29) is 5.69 Å². The largest absolute Gasteiger partial charge is 0.398 e. The summed E-state index contributed by atoms with van der Waals surface area (Å²) in [4.78, 5) is 9.97. The molecule has 0 spiro atoms.